The molecule has 124 valence electrons. The number of benzene rings is 2. The van der Waals surface area contributed by atoms with Gasteiger partial charge in [0.2, 0.25) is 11.8 Å². The van der Waals surface area contributed by atoms with E-state index in [-0.39, 0.29) is 18.4 Å². The number of hydrogen-bond donors (Lipinski definition) is 2. The summed E-state index contributed by atoms with van der Waals surface area (Å²) in [5.74, 6) is 0.346. The molecule has 1 aliphatic heterocycles. The average Bonchev–Trinajstić information content (AvgIpc) is 3.02. The summed E-state index contributed by atoms with van der Waals surface area (Å²) in [6.07, 6.45) is 2.83. The van der Waals surface area contributed by atoms with Crippen LogP contribution in [0.1, 0.15) is 5.89 Å². The van der Waals surface area contributed by atoms with Crippen LogP contribution in [-0.4, -0.2) is 23.4 Å². The topological polar surface area (TPSA) is 93.5 Å². The molecule has 0 atom stereocenters. The standard InChI is InChI=1S/C18H13N3O4/c22-16(7-8-18-21-12-3-1-2-4-15(12)25-18)19-11-5-6-14-13(9-11)20-17(23)10-24-14/h1-9H,10H2,(H,19,22)(H,20,23)/b8-7+. The predicted octanol–water partition coefficient (Wildman–Crippen LogP) is 2.81. The molecule has 0 saturated carbocycles. The number of aromatic nitrogens is 1. The number of hydrogen-bond acceptors (Lipinski definition) is 5. The maximum absolute atomic E-state index is 12.0. The zero-order chi connectivity index (χ0) is 17.2. The van der Waals surface area contributed by atoms with Crippen LogP contribution in [0, 0.1) is 0 Å². The van der Waals surface area contributed by atoms with Crippen LogP contribution < -0.4 is 15.4 Å². The van der Waals surface area contributed by atoms with Crippen molar-refractivity contribution in [2.24, 2.45) is 0 Å². The van der Waals surface area contributed by atoms with Gasteiger partial charge in [-0.15, -0.1) is 0 Å². The number of carbonyl (C=O) groups excluding carboxylic acids is 2. The van der Waals surface area contributed by atoms with Crippen LogP contribution in [0.5, 0.6) is 5.75 Å². The van der Waals surface area contributed by atoms with Crippen molar-refractivity contribution in [3.63, 3.8) is 0 Å². The van der Waals surface area contributed by atoms with Gasteiger partial charge in [-0.1, -0.05) is 12.1 Å². The number of fused-ring (bicyclic) bond motifs is 2. The molecule has 0 fully saturated rings. The quantitative estimate of drug-likeness (QED) is 0.718. The molecule has 4 rings (SSSR count). The van der Waals surface area contributed by atoms with E-state index in [1.54, 1.807) is 18.2 Å². The number of nitrogens with zero attached hydrogens (tertiary/aromatic N) is 1. The third-order valence-corrected chi connectivity index (χ3v) is 3.57. The first-order valence-corrected chi connectivity index (χ1v) is 7.59. The Kier molecular flexibility index (Phi) is 3.66. The van der Waals surface area contributed by atoms with E-state index in [4.69, 9.17) is 9.15 Å². The highest BCUT2D eigenvalue weighted by Crippen LogP contribution is 2.30. The van der Waals surface area contributed by atoms with Gasteiger partial charge in [-0.3, -0.25) is 9.59 Å². The minimum absolute atomic E-state index is 0.00799. The van der Waals surface area contributed by atoms with Crippen molar-refractivity contribution in [1.29, 1.82) is 0 Å². The Bertz CT molecular complexity index is 973. The number of anilines is 2. The van der Waals surface area contributed by atoms with Crippen molar-refractivity contribution >= 4 is 40.4 Å². The predicted molar refractivity (Wildman–Crippen MR) is 92.2 cm³/mol. The van der Waals surface area contributed by atoms with Gasteiger partial charge in [0.25, 0.3) is 5.91 Å². The highest BCUT2D eigenvalue weighted by Gasteiger charge is 2.16. The fourth-order valence-corrected chi connectivity index (χ4v) is 2.45. The number of amides is 2. The van der Waals surface area contributed by atoms with Crippen LogP contribution in [0.4, 0.5) is 11.4 Å². The van der Waals surface area contributed by atoms with Crippen LogP contribution in [0.3, 0.4) is 0 Å². The summed E-state index contributed by atoms with van der Waals surface area (Å²) in [4.78, 5) is 27.6. The smallest absolute Gasteiger partial charge is 0.262 e. The Labute approximate surface area is 142 Å². The van der Waals surface area contributed by atoms with Crippen molar-refractivity contribution in [3.05, 3.63) is 54.4 Å². The maximum Gasteiger partial charge on any atom is 0.262 e. The van der Waals surface area contributed by atoms with Gasteiger partial charge in [0.1, 0.15) is 11.3 Å². The number of ether oxygens (including phenoxy) is 1. The lowest BCUT2D eigenvalue weighted by Crippen LogP contribution is -2.25. The van der Waals surface area contributed by atoms with Gasteiger partial charge < -0.3 is 19.8 Å². The number of nitrogens with one attached hydrogen (secondary N) is 2. The van der Waals surface area contributed by atoms with E-state index >= 15 is 0 Å². The molecule has 0 bridgehead atoms. The lowest BCUT2D eigenvalue weighted by Gasteiger charge is -2.18. The van der Waals surface area contributed by atoms with Crippen LogP contribution in [0.15, 0.2) is 53.0 Å². The average molecular weight is 335 g/mol. The Hall–Kier alpha value is -3.61. The summed E-state index contributed by atoms with van der Waals surface area (Å²) in [5, 5.41) is 5.40. The molecule has 7 heteroatoms. The number of oxazole rings is 1. The highest BCUT2D eigenvalue weighted by atomic mass is 16.5. The van der Waals surface area contributed by atoms with Crippen molar-refractivity contribution < 1.29 is 18.7 Å². The zero-order valence-electron chi connectivity index (χ0n) is 13.0. The van der Waals surface area contributed by atoms with E-state index in [9.17, 15) is 9.59 Å². The van der Waals surface area contributed by atoms with E-state index in [0.717, 1.165) is 5.52 Å². The molecule has 25 heavy (non-hydrogen) atoms. The van der Waals surface area contributed by atoms with Gasteiger partial charge in [0.15, 0.2) is 12.2 Å². The molecule has 2 heterocycles. The fourth-order valence-electron chi connectivity index (χ4n) is 2.45. The second-order valence-corrected chi connectivity index (χ2v) is 5.39. The Balaban J connectivity index is 1.46. The summed E-state index contributed by atoms with van der Waals surface area (Å²) >= 11 is 0. The maximum atomic E-state index is 12.0. The van der Waals surface area contributed by atoms with E-state index in [1.807, 2.05) is 24.3 Å². The molecule has 0 unspecified atom stereocenters. The van der Waals surface area contributed by atoms with Crippen LogP contribution in [0.2, 0.25) is 0 Å². The van der Waals surface area contributed by atoms with Crippen molar-refractivity contribution in [1.82, 2.24) is 4.98 Å². The van der Waals surface area contributed by atoms with Crippen LogP contribution in [-0.2, 0) is 9.59 Å². The van der Waals surface area contributed by atoms with Crippen LogP contribution in [0.25, 0.3) is 17.2 Å². The molecule has 0 radical (unpaired) electrons. The largest absolute Gasteiger partial charge is 0.482 e. The first-order valence-electron chi connectivity index (χ1n) is 7.59. The third-order valence-electron chi connectivity index (χ3n) is 3.57. The second kappa shape index (κ2) is 6.12. The summed E-state index contributed by atoms with van der Waals surface area (Å²) in [7, 11) is 0. The zero-order valence-corrected chi connectivity index (χ0v) is 13.0. The summed E-state index contributed by atoms with van der Waals surface area (Å²) < 4.78 is 10.8. The fraction of sp³-hybridized carbons (Fsp3) is 0.0556. The second-order valence-electron chi connectivity index (χ2n) is 5.39. The lowest BCUT2D eigenvalue weighted by molar-refractivity contribution is -0.118. The van der Waals surface area contributed by atoms with E-state index in [1.165, 1.54) is 12.2 Å². The molecule has 1 aliphatic rings. The monoisotopic (exact) mass is 335 g/mol. The minimum atomic E-state index is -0.342. The molecular weight excluding hydrogens is 322 g/mol. The molecule has 7 nitrogen and oxygen atoms in total. The van der Waals surface area contributed by atoms with Crippen LogP contribution >= 0.6 is 0 Å². The van der Waals surface area contributed by atoms with Crippen molar-refractivity contribution in [3.8, 4) is 5.75 Å². The molecule has 0 saturated heterocycles. The number of carbonyl (C=O) groups is 2. The van der Waals surface area contributed by atoms with Crippen molar-refractivity contribution in [2.45, 2.75) is 0 Å². The first kappa shape index (κ1) is 14.9. The molecule has 1 aromatic heterocycles. The molecule has 2 amide bonds. The lowest BCUT2D eigenvalue weighted by atomic mass is 10.2. The Morgan fingerprint density at radius 1 is 1.24 bits per heavy atom. The molecule has 2 N–H and O–H groups in total. The Morgan fingerprint density at radius 2 is 2.12 bits per heavy atom. The highest BCUT2D eigenvalue weighted by molar-refractivity contribution is 6.03. The molecule has 0 aliphatic carbocycles. The molecular formula is C18H13N3O4. The van der Waals surface area contributed by atoms with Gasteiger partial charge in [-0.25, -0.2) is 4.98 Å². The van der Waals surface area contributed by atoms with Gasteiger partial charge in [-0.2, -0.15) is 0 Å². The van der Waals surface area contributed by atoms with Gasteiger partial charge in [-0.05, 0) is 30.3 Å². The molecule has 2 aromatic carbocycles. The molecule has 3 aromatic rings. The van der Waals surface area contributed by atoms with Gasteiger partial charge >= 0.3 is 0 Å². The Morgan fingerprint density at radius 3 is 3.00 bits per heavy atom. The van der Waals surface area contributed by atoms with E-state index < -0.39 is 0 Å². The number of para-hydroxylation sites is 2. The van der Waals surface area contributed by atoms with Gasteiger partial charge in [0, 0.05) is 17.8 Å². The minimum Gasteiger partial charge on any atom is -0.482 e. The van der Waals surface area contributed by atoms with Crippen molar-refractivity contribution in [2.75, 3.05) is 17.2 Å². The summed E-state index contributed by atoms with van der Waals surface area (Å²) in [6, 6.07) is 12.4. The van der Waals surface area contributed by atoms with Gasteiger partial charge in [0.05, 0.1) is 5.69 Å². The third kappa shape index (κ3) is 3.20. The summed E-state index contributed by atoms with van der Waals surface area (Å²) in [6.45, 7) is -0.00799. The SMILES string of the molecule is O=C(/C=C/c1nc2ccccc2o1)Nc1ccc2c(c1)NC(=O)CO2. The normalized spacial score (nSPS) is 13.4. The summed E-state index contributed by atoms with van der Waals surface area (Å²) in [5.41, 5.74) is 2.45. The molecule has 0 spiro atoms. The number of rotatable bonds is 3. The first-order chi connectivity index (χ1) is 12.2. The van der Waals surface area contributed by atoms with E-state index in [2.05, 4.69) is 15.6 Å². The van der Waals surface area contributed by atoms with E-state index in [0.29, 0.717) is 28.6 Å².